The Kier molecular flexibility index (Phi) is 7.29. The van der Waals surface area contributed by atoms with Gasteiger partial charge in [-0.1, -0.05) is 13.8 Å². The van der Waals surface area contributed by atoms with Gasteiger partial charge in [0.15, 0.2) is 20.1 Å². The molecule has 0 bridgehead atoms. The van der Waals surface area contributed by atoms with E-state index in [1.165, 1.54) is 12.1 Å². The molecule has 3 aromatic rings. The van der Waals surface area contributed by atoms with E-state index in [0.29, 0.717) is 34.6 Å². The average molecular weight is 481 g/mol. The van der Waals surface area contributed by atoms with Gasteiger partial charge in [0.25, 0.3) is 0 Å². The molecule has 0 fully saturated rings. The van der Waals surface area contributed by atoms with Crippen LogP contribution < -0.4 is 10.6 Å². The van der Waals surface area contributed by atoms with E-state index >= 15 is 0 Å². The molecule has 2 heterocycles. The number of carbonyl (C=O) groups excluding carboxylic acids is 1. The van der Waals surface area contributed by atoms with Crippen molar-refractivity contribution in [2.45, 2.75) is 38.6 Å². The predicted molar refractivity (Wildman–Crippen MR) is 124 cm³/mol. The van der Waals surface area contributed by atoms with Gasteiger partial charge in [0.2, 0.25) is 0 Å². The monoisotopic (exact) mass is 480 g/mol. The third-order valence-electron chi connectivity index (χ3n) is 4.48. The summed E-state index contributed by atoms with van der Waals surface area (Å²) in [5, 5.41) is 7.71. The molecule has 0 spiro atoms. The topological polar surface area (TPSA) is 106 Å². The molecule has 32 heavy (non-hydrogen) atoms. The van der Waals surface area contributed by atoms with Crippen LogP contribution in [0.3, 0.4) is 0 Å². The fourth-order valence-electron chi connectivity index (χ4n) is 3.15. The number of sulfone groups is 1. The van der Waals surface area contributed by atoms with Gasteiger partial charge in [0.05, 0.1) is 28.2 Å². The molecule has 0 saturated carbocycles. The summed E-state index contributed by atoms with van der Waals surface area (Å²) < 4.78 is 39.7. The second-order valence-electron chi connectivity index (χ2n) is 7.96. The van der Waals surface area contributed by atoms with Crippen LogP contribution in [0.5, 0.6) is 0 Å². The first-order valence-corrected chi connectivity index (χ1v) is 13.3. The Hall–Kier alpha value is -2.79. The van der Waals surface area contributed by atoms with Crippen LogP contribution in [-0.4, -0.2) is 41.8 Å². The van der Waals surface area contributed by atoms with Crippen LogP contribution in [0.2, 0.25) is 0 Å². The van der Waals surface area contributed by atoms with Crippen molar-refractivity contribution in [3.63, 3.8) is 0 Å². The normalized spacial score (nSPS) is 12.2. The van der Waals surface area contributed by atoms with E-state index in [1.54, 1.807) is 19.3 Å². The van der Waals surface area contributed by atoms with Crippen molar-refractivity contribution in [2.75, 3.05) is 18.1 Å². The zero-order valence-corrected chi connectivity index (χ0v) is 20.1. The van der Waals surface area contributed by atoms with E-state index in [1.807, 2.05) is 16.1 Å². The van der Waals surface area contributed by atoms with Crippen LogP contribution in [-0.2, 0) is 22.8 Å². The molecule has 0 aliphatic rings. The number of nitrogens with zero attached hydrogens (tertiary/aromatic N) is 3. The number of urea groups is 1. The molecule has 0 radical (unpaired) electrons. The van der Waals surface area contributed by atoms with E-state index < -0.39 is 32.2 Å². The molecule has 0 aliphatic heterocycles. The SMILES string of the molecule is Cc1c[s+](-c2ccc(S(C)(=O)=O)c(F)c2)c(NC(=O)NCCc2cn(CC(C)C)cn2)n1. The van der Waals surface area contributed by atoms with Crippen LogP contribution in [0.15, 0.2) is 41.0 Å². The minimum atomic E-state index is -3.66. The number of thiazole rings is 1. The molecular weight excluding hydrogens is 453 g/mol. The summed E-state index contributed by atoms with van der Waals surface area (Å²) in [6, 6.07) is 3.54. The Balaban J connectivity index is 1.64. The van der Waals surface area contributed by atoms with Crippen molar-refractivity contribution in [2.24, 2.45) is 5.92 Å². The Labute approximate surface area is 189 Å². The molecule has 0 saturated heterocycles. The van der Waals surface area contributed by atoms with E-state index in [2.05, 4.69) is 34.4 Å². The van der Waals surface area contributed by atoms with Crippen molar-refractivity contribution in [3.8, 4) is 4.90 Å². The molecule has 1 aromatic carbocycles. The highest BCUT2D eigenvalue weighted by molar-refractivity contribution is 7.90. The maximum absolute atomic E-state index is 14.3. The number of aromatic nitrogens is 3. The van der Waals surface area contributed by atoms with E-state index in [0.717, 1.165) is 18.5 Å². The summed E-state index contributed by atoms with van der Waals surface area (Å²) in [6.07, 6.45) is 5.31. The van der Waals surface area contributed by atoms with E-state index in [9.17, 15) is 17.6 Å². The van der Waals surface area contributed by atoms with Crippen molar-refractivity contribution in [1.82, 2.24) is 19.9 Å². The molecule has 1 atom stereocenters. The number of imidazole rings is 1. The number of hydrogen-bond donors (Lipinski definition) is 2. The number of rotatable bonds is 8. The van der Waals surface area contributed by atoms with Crippen molar-refractivity contribution in [1.29, 1.82) is 0 Å². The lowest BCUT2D eigenvalue weighted by Gasteiger charge is -2.05. The summed E-state index contributed by atoms with van der Waals surface area (Å²) in [5.41, 5.74) is 1.58. The first-order chi connectivity index (χ1) is 15.0. The van der Waals surface area contributed by atoms with Gasteiger partial charge in [-0.05, 0) is 25.0 Å². The van der Waals surface area contributed by atoms with Crippen LogP contribution in [0.4, 0.5) is 14.3 Å². The highest BCUT2D eigenvalue weighted by Gasteiger charge is 2.25. The Morgan fingerprint density at radius 3 is 2.72 bits per heavy atom. The van der Waals surface area contributed by atoms with E-state index in [4.69, 9.17) is 0 Å². The zero-order valence-electron chi connectivity index (χ0n) is 18.4. The van der Waals surface area contributed by atoms with Crippen molar-refractivity contribution < 1.29 is 17.6 Å². The number of amides is 2. The molecule has 2 N–H and O–H groups in total. The molecule has 11 heteroatoms. The summed E-state index contributed by atoms with van der Waals surface area (Å²) >= 11 is 0. The molecule has 2 amide bonds. The van der Waals surface area contributed by atoms with E-state index in [-0.39, 0.29) is 4.90 Å². The molecule has 8 nitrogen and oxygen atoms in total. The third-order valence-corrected chi connectivity index (χ3v) is 7.56. The lowest BCUT2D eigenvalue weighted by atomic mass is 10.2. The fourth-order valence-corrected chi connectivity index (χ4v) is 5.63. The van der Waals surface area contributed by atoms with Crippen LogP contribution >= 0.6 is 10.5 Å². The number of aryl methyl sites for hydroxylation is 1. The van der Waals surface area contributed by atoms with Gasteiger partial charge in [-0.2, -0.15) is 4.98 Å². The van der Waals surface area contributed by atoms with Gasteiger partial charge in [-0.25, -0.2) is 27.9 Å². The number of hydrogen-bond acceptors (Lipinski definition) is 5. The highest BCUT2D eigenvalue weighted by atomic mass is 32.2. The molecule has 0 aliphatic carbocycles. The van der Waals surface area contributed by atoms with Crippen LogP contribution in [0, 0.1) is 18.7 Å². The summed E-state index contributed by atoms with van der Waals surface area (Å²) in [5.74, 6) is -0.300. The Bertz CT molecular complexity index is 1220. The molecule has 2 aromatic heterocycles. The first-order valence-electron chi connectivity index (χ1n) is 10.1. The molecule has 172 valence electrons. The maximum atomic E-state index is 14.3. The number of nitrogens with one attached hydrogen (secondary N) is 2. The second kappa shape index (κ2) is 9.78. The van der Waals surface area contributed by atoms with Crippen LogP contribution in [0.1, 0.15) is 25.2 Å². The lowest BCUT2D eigenvalue weighted by molar-refractivity contribution is 0.252. The molecule has 1 unspecified atom stereocenters. The minimum absolute atomic E-state index is 0.357. The fraction of sp³-hybridized carbons (Fsp3) is 0.381. The van der Waals surface area contributed by atoms with Gasteiger partial charge in [0, 0.05) is 38.0 Å². The summed E-state index contributed by atoms with van der Waals surface area (Å²) in [4.78, 5) is 21.2. The first kappa shape index (κ1) is 23.9. The van der Waals surface area contributed by atoms with Gasteiger partial charge < -0.3 is 9.88 Å². The van der Waals surface area contributed by atoms with Gasteiger partial charge in [0.1, 0.15) is 10.7 Å². The second-order valence-corrected chi connectivity index (χ2v) is 11.7. The van der Waals surface area contributed by atoms with Crippen molar-refractivity contribution >= 4 is 31.5 Å². The third kappa shape index (κ3) is 6.13. The molecule has 3 rings (SSSR count). The lowest BCUT2D eigenvalue weighted by Crippen LogP contribution is -2.30. The Morgan fingerprint density at radius 2 is 2.06 bits per heavy atom. The number of carbonyl (C=O) groups is 1. The smallest absolute Gasteiger partial charge is 0.337 e. The average Bonchev–Trinajstić information content (AvgIpc) is 3.26. The highest BCUT2D eigenvalue weighted by Crippen LogP contribution is 2.39. The van der Waals surface area contributed by atoms with Crippen molar-refractivity contribution in [3.05, 3.63) is 53.3 Å². The van der Waals surface area contributed by atoms with Gasteiger partial charge >= 0.3 is 11.2 Å². The summed E-state index contributed by atoms with van der Waals surface area (Å²) in [7, 11) is -4.46. The number of halogens is 1. The number of anilines is 1. The van der Waals surface area contributed by atoms with Gasteiger partial charge in [-0.3, -0.25) is 0 Å². The number of benzene rings is 1. The van der Waals surface area contributed by atoms with Gasteiger partial charge in [-0.15, -0.1) is 0 Å². The minimum Gasteiger partial charge on any atom is -0.337 e. The largest absolute Gasteiger partial charge is 0.353 e. The predicted octanol–water partition coefficient (Wildman–Crippen LogP) is 3.89. The summed E-state index contributed by atoms with van der Waals surface area (Å²) in [6.45, 7) is 7.34. The molecular formula is C21H27FN5O3S2+. The quantitative estimate of drug-likeness (QED) is 0.476. The zero-order chi connectivity index (χ0) is 23.5. The maximum Gasteiger partial charge on any atom is 0.353 e. The van der Waals surface area contributed by atoms with Crippen LogP contribution in [0.25, 0.3) is 4.90 Å². The standard InChI is InChI=1S/C21H26FN5O3S2/c1-14(2)10-27-11-16(24-13-27)7-8-23-20(28)26-21-25-15(3)12-31(21)17-5-6-19(18(22)9-17)32(4,29)30/h5-6,9,11-14H,7-8,10H2,1-4H3,(H-,23,25,26,28)/p+1. The Morgan fingerprint density at radius 1 is 1.31 bits per heavy atom.